The van der Waals surface area contributed by atoms with Crippen molar-refractivity contribution in [2.24, 2.45) is 0 Å². The fraction of sp³-hybridized carbons (Fsp3) is 0.448. The molecule has 0 saturated carbocycles. The van der Waals surface area contributed by atoms with E-state index in [9.17, 15) is 9.18 Å². The molecule has 2 N–H and O–H groups in total. The van der Waals surface area contributed by atoms with Crippen LogP contribution in [-0.4, -0.2) is 53.5 Å². The van der Waals surface area contributed by atoms with Crippen molar-refractivity contribution >= 4 is 17.7 Å². The number of fused-ring (bicyclic) bond motifs is 1. The summed E-state index contributed by atoms with van der Waals surface area (Å²) in [7, 11) is 1.68. The second-order valence-electron chi connectivity index (χ2n) is 10.7. The van der Waals surface area contributed by atoms with Crippen molar-refractivity contribution in [1.29, 1.82) is 0 Å². The summed E-state index contributed by atoms with van der Waals surface area (Å²) < 4.78 is 34.8. The summed E-state index contributed by atoms with van der Waals surface area (Å²) in [4.78, 5) is 23.3. The Morgan fingerprint density at radius 2 is 2.05 bits per heavy atom. The van der Waals surface area contributed by atoms with Crippen LogP contribution in [0.2, 0.25) is 5.02 Å². The molecule has 2 aromatic carbocycles. The largest absolute Gasteiger partial charge is 0.444 e. The lowest BCUT2D eigenvalue weighted by Gasteiger charge is -2.32. The van der Waals surface area contributed by atoms with Crippen molar-refractivity contribution in [2.75, 3.05) is 26.8 Å². The maximum atomic E-state index is 14.8. The molecule has 2 fully saturated rings. The average molecular weight is 586 g/mol. The number of imidazole rings is 1. The molecule has 1 amide bonds. The molecule has 0 spiro atoms. The molecule has 0 bridgehead atoms. The van der Waals surface area contributed by atoms with Gasteiger partial charge in [0.1, 0.15) is 17.8 Å². The van der Waals surface area contributed by atoms with E-state index in [1.54, 1.807) is 26.2 Å². The van der Waals surface area contributed by atoms with Crippen LogP contribution < -0.4 is 20.3 Å². The molecule has 12 heteroatoms. The number of likely N-dealkylation sites (tertiary alicyclic amines) is 1. The van der Waals surface area contributed by atoms with Crippen LogP contribution in [-0.2, 0) is 34.9 Å². The van der Waals surface area contributed by atoms with E-state index in [0.717, 1.165) is 43.0 Å². The zero-order valence-electron chi connectivity index (χ0n) is 23.0. The molecule has 3 aliphatic heterocycles. The van der Waals surface area contributed by atoms with Crippen molar-refractivity contribution in [2.45, 2.75) is 57.1 Å². The molecular formula is C29H33ClFN5O5. The lowest BCUT2D eigenvalue weighted by atomic mass is 9.88. The Hall–Kier alpha value is -3.38. The van der Waals surface area contributed by atoms with E-state index >= 15 is 0 Å². The molecule has 4 heterocycles. The number of methoxy groups -OCH3 is 1. The van der Waals surface area contributed by atoms with Crippen LogP contribution in [0.3, 0.4) is 0 Å². The Kier molecular flexibility index (Phi) is 7.78. The third-order valence-electron chi connectivity index (χ3n) is 7.96. The first-order chi connectivity index (χ1) is 19.8. The highest BCUT2D eigenvalue weighted by Gasteiger charge is 2.43. The van der Waals surface area contributed by atoms with Gasteiger partial charge in [0.25, 0.3) is 5.79 Å². The average Bonchev–Trinajstić information content (AvgIpc) is 3.64. The van der Waals surface area contributed by atoms with E-state index in [-0.39, 0.29) is 12.1 Å². The molecule has 2 atom stereocenters. The van der Waals surface area contributed by atoms with Gasteiger partial charge in [-0.1, -0.05) is 23.7 Å². The Bertz CT molecular complexity index is 1430. The van der Waals surface area contributed by atoms with Gasteiger partial charge in [-0.15, -0.1) is 5.48 Å². The summed E-state index contributed by atoms with van der Waals surface area (Å²) in [6.45, 7) is 5.43. The van der Waals surface area contributed by atoms with Crippen LogP contribution >= 0.6 is 11.6 Å². The second kappa shape index (κ2) is 11.5. The maximum Gasteiger partial charge on any atom is 0.427 e. The third-order valence-corrected chi connectivity index (χ3v) is 8.20. The number of piperidine rings is 1. The van der Waals surface area contributed by atoms with E-state index in [2.05, 4.69) is 26.3 Å². The van der Waals surface area contributed by atoms with Gasteiger partial charge in [-0.3, -0.25) is 4.90 Å². The molecule has 2 unspecified atom stereocenters. The highest BCUT2D eigenvalue weighted by Crippen LogP contribution is 2.49. The van der Waals surface area contributed by atoms with Crippen molar-refractivity contribution in [1.82, 2.24) is 25.2 Å². The zero-order chi connectivity index (χ0) is 28.6. The maximum absolute atomic E-state index is 14.8. The standard InChI is InChI=1S/C29H33ClFN5O5/c1-29(22-7-6-19(30)14-23(22)31)39-24-5-3-4-21(27(24)40-29)18-8-10-35(11-9-18)17-26-32-16-20(36(26)12-13-38-2)15-25-33-28(37)41-34-25/h3-7,14,16,18,25,34H,8-13,15,17H2,1-2H3,(H,33,37). The minimum absolute atomic E-state index is 0.281. The van der Waals surface area contributed by atoms with Crippen LogP contribution in [0.25, 0.3) is 0 Å². The SMILES string of the molecule is COCCn1c(CC2NOC(=O)N2)cnc1CN1CCC(c2cccc3c2OC(C)(c2ccc(Cl)cc2F)O3)CC1. The van der Waals surface area contributed by atoms with Crippen LogP contribution in [0.1, 0.15) is 48.3 Å². The lowest BCUT2D eigenvalue weighted by molar-refractivity contribution is -0.0712. The first-order valence-corrected chi connectivity index (χ1v) is 14.1. The van der Waals surface area contributed by atoms with Gasteiger partial charge in [0, 0.05) is 49.5 Å². The van der Waals surface area contributed by atoms with Gasteiger partial charge in [0.05, 0.1) is 18.7 Å². The molecule has 0 aliphatic carbocycles. The molecule has 3 aliphatic rings. The second-order valence-corrected chi connectivity index (χ2v) is 11.2. The third kappa shape index (κ3) is 5.72. The number of nitrogens with one attached hydrogen (secondary N) is 2. The molecule has 1 aromatic heterocycles. The van der Waals surface area contributed by atoms with E-state index in [1.807, 2.05) is 18.3 Å². The van der Waals surface area contributed by atoms with Gasteiger partial charge in [0.15, 0.2) is 11.5 Å². The van der Waals surface area contributed by atoms with Gasteiger partial charge in [-0.05, 0) is 56.1 Å². The van der Waals surface area contributed by atoms with Gasteiger partial charge >= 0.3 is 6.09 Å². The van der Waals surface area contributed by atoms with Crippen LogP contribution in [0.15, 0.2) is 42.6 Å². The van der Waals surface area contributed by atoms with Crippen LogP contribution in [0.5, 0.6) is 11.5 Å². The summed E-state index contributed by atoms with van der Waals surface area (Å²) >= 11 is 5.96. The number of rotatable bonds is 9. The Morgan fingerprint density at radius 1 is 1.22 bits per heavy atom. The smallest absolute Gasteiger partial charge is 0.427 e. The minimum atomic E-state index is -1.27. The van der Waals surface area contributed by atoms with Gasteiger partial charge in [0.2, 0.25) is 0 Å². The summed E-state index contributed by atoms with van der Waals surface area (Å²) in [6, 6.07) is 10.4. The van der Waals surface area contributed by atoms with Crippen molar-refractivity contribution in [3.05, 3.63) is 76.1 Å². The molecule has 0 radical (unpaired) electrons. The molecule has 6 rings (SSSR count). The summed E-state index contributed by atoms with van der Waals surface area (Å²) in [5.41, 5.74) is 5.08. The number of amides is 1. The fourth-order valence-corrected chi connectivity index (χ4v) is 6.02. The Morgan fingerprint density at radius 3 is 2.78 bits per heavy atom. The fourth-order valence-electron chi connectivity index (χ4n) is 5.87. The van der Waals surface area contributed by atoms with Gasteiger partial charge in [-0.25, -0.2) is 14.2 Å². The van der Waals surface area contributed by atoms with Crippen molar-refractivity contribution < 1.29 is 28.2 Å². The Labute approximate surface area is 242 Å². The summed E-state index contributed by atoms with van der Waals surface area (Å²) in [6.07, 6.45) is 3.49. The number of hydroxylamine groups is 1. The van der Waals surface area contributed by atoms with E-state index in [0.29, 0.717) is 48.2 Å². The predicted molar refractivity (Wildman–Crippen MR) is 148 cm³/mol. The van der Waals surface area contributed by atoms with Crippen LogP contribution in [0.4, 0.5) is 9.18 Å². The summed E-state index contributed by atoms with van der Waals surface area (Å²) in [5.74, 6) is 0.800. The number of para-hydroxylation sites is 1. The zero-order valence-corrected chi connectivity index (χ0v) is 23.7. The molecular weight excluding hydrogens is 553 g/mol. The highest BCUT2D eigenvalue weighted by atomic mass is 35.5. The van der Waals surface area contributed by atoms with E-state index < -0.39 is 17.7 Å². The normalized spacial score (nSPS) is 22.6. The Balaban J connectivity index is 1.12. The van der Waals surface area contributed by atoms with Crippen LogP contribution in [0, 0.1) is 5.82 Å². The molecule has 2 saturated heterocycles. The number of benzene rings is 2. The lowest BCUT2D eigenvalue weighted by Crippen LogP contribution is -2.35. The topological polar surface area (TPSA) is 99.1 Å². The number of ether oxygens (including phenoxy) is 3. The van der Waals surface area contributed by atoms with Gasteiger partial charge in [-0.2, -0.15) is 0 Å². The number of carbonyl (C=O) groups is 1. The number of carbonyl (C=O) groups excluding carboxylic acids is 1. The molecule has 218 valence electrons. The number of halogens is 2. The van der Waals surface area contributed by atoms with Crippen molar-refractivity contribution in [3.8, 4) is 11.5 Å². The summed E-state index contributed by atoms with van der Waals surface area (Å²) in [5, 5.41) is 3.06. The first-order valence-electron chi connectivity index (χ1n) is 13.8. The van der Waals surface area contributed by atoms with Gasteiger partial charge < -0.3 is 28.9 Å². The predicted octanol–water partition coefficient (Wildman–Crippen LogP) is 4.46. The minimum Gasteiger partial charge on any atom is -0.444 e. The first kappa shape index (κ1) is 27.8. The number of hydrogen-bond donors (Lipinski definition) is 2. The molecule has 41 heavy (non-hydrogen) atoms. The molecule has 10 nitrogen and oxygen atoms in total. The number of nitrogens with zero attached hydrogens (tertiary/aromatic N) is 3. The molecule has 3 aromatic rings. The highest BCUT2D eigenvalue weighted by molar-refractivity contribution is 6.30. The number of aromatic nitrogens is 2. The van der Waals surface area contributed by atoms with E-state index in [4.69, 9.17) is 35.6 Å². The monoisotopic (exact) mass is 585 g/mol. The quantitative estimate of drug-likeness (QED) is 0.380. The number of hydrogen-bond acceptors (Lipinski definition) is 8. The van der Waals surface area contributed by atoms with E-state index in [1.165, 1.54) is 6.07 Å². The van der Waals surface area contributed by atoms with Crippen molar-refractivity contribution in [3.63, 3.8) is 0 Å².